The van der Waals surface area contributed by atoms with E-state index in [0.717, 1.165) is 30.2 Å². The van der Waals surface area contributed by atoms with Crippen LogP contribution >= 0.6 is 0 Å². The molecule has 0 N–H and O–H groups in total. The van der Waals surface area contributed by atoms with Crippen LogP contribution in [0.4, 0.5) is 5.82 Å². The third-order valence-electron chi connectivity index (χ3n) is 4.82. The fourth-order valence-corrected chi connectivity index (χ4v) is 3.40. The number of aryl methyl sites for hydroxylation is 2. The van der Waals surface area contributed by atoms with Gasteiger partial charge in [-0.2, -0.15) is 0 Å². The first-order chi connectivity index (χ1) is 12.1. The average Bonchev–Trinajstić information content (AvgIpc) is 2.78. The smallest absolute Gasteiger partial charge is 0.224 e. The molecule has 5 nitrogen and oxygen atoms in total. The summed E-state index contributed by atoms with van der Waals surface area (Å²) < 4.78 is 0. The molecule has 0 radical (unpaired) electrons. The summed E-state index contributed by atoms with van der Waals surface area (Å²) in [6.45, 7) is 8.28. The van der Waals surface area contributed by atoms with E-state index in [0.29, 0.717) is 19.5 Å². The minimum absolute atomic E-state index is 0.185. The number of carbonyl (C=O) groups is 1. The molecule has 0 saturated carbocycles. The van der Waals surface area contributed by atoms with Crippen molar-refractivity contribution in [2.45, 2.75) is 46.2 Å². The number of hydrogen-bond donors (Lipinski definition) is 0. The second-order valence-corrected chi connectivity index (χ2v) is 6.69. The molecular weight excluding hydrogens is 312 g/mol. The Labute approximate surface area is 149 Å². The van der Waals surface area contributed by atoms with Crippen molar-refractivity contribution in [1.82, 2.24) is 14.9 Å². The standard InChI is InChI=1S/C20H26N4O/c1-4-18-14-23(20-15(2)12-21-16(3)22-20)11-10-19(25)24(18)13-17-8-6-5-7-9-17/h5-9,12,18H,4,10-11,13-14H2,1-3H3. The summed E-state index contributed by atoms with van der Waals surface area (Å²) in [5, 5.41) is 0. The summed E-state index contributed by atoms with van der Waals surface area (Å²) in [5.74, 6) is 1.95. The van der Waals surface area contributed by atoms with Gasteiger partial charge in [-0.15, -0.1) is 0 Å². The van der Waals surface area contributed by atoms with Gasteiger partial charge >= 0.3 is 0 Å². The quantitative estimate of drug-likeness (QED) is 0.859. The number of aromatic nitrogens is 2. The lowest BCUT2D eigenvalue weighted by atomic mass is 10.1. The molecule has 1 aliphatic rings. The molecule has 1 fully saturated rings. The highest BCUT2D eigenvalue weighted by Gasteiger charge is 2.29. The minimum atomic E-state index is 0.185. The Bertz CT molecular complexity index is 732. The van der Waals surface area contributed by atoms with E-state index in [1.807, 2.05) is 43.1 Å². The summed E-state index contributed by atoms with van der Waals surface area (Å²) in [7, 11) is 0. The van der Waals surface area contributed by atoms with Crippen LogP contribution in [0, 0.1) is 13.8 Å². The van der Waals surface area contributed by atoms with Gasteiger partial charge in [0.2, 0.25) is 5.91 Å². The zero-order valence-electron chi connectivity index (χ0n) is 15.3. The summed E-state index contributed by atoms with van der Waals surface area (Å²) in [5.41, 5.74) is 2.24. The lowest BCUT2D eigenvalue weighted by Crippen LogP contribution is -2.42. The maximum atomic E-state index is 12.8. The lowest BCUT2D eigenvalue weighted by molar-refractivity contribution is -0.133. The Balaban J connectivity index is 1.84. The van der Waals surface area contributed by atoms with E-state index in [1.54, 1.807) is 0 Å². The first kappa shape index (κ1) is 17.4. The van der Waals surface area contributed by atoms with Crippen LogP contribution < -0.4 is 4.90 Å². The molecule has 1 aromatic heterocycles. The van der Waals surface area contributed by atoms with Gasteiger partial charge in [-0.1, -0.05) is 37.3 Å². The molecule has 132 valence electrons. The topological polar surface area (TPSA) is 49.3 Å². The van der Waals surface area contributed by atoms with Crippen LogP contribution in [0.1, 0.15) is 36.7 Å². The predicted octanol–water partition coefficient (Wildman–Crippen LogP) is 3.11. The maximum Gasteiger partial charge on any atom is 0.224 e. The Morgan fingerprint density at radius 3 is 2.68 bits per heavy atom. The van der Waals surface area contributed by atoms with Gasteiger partial charge in [0.1, 0.15) is 11.6 Å². The molecule has 1 amide bonds. The van der Waals surface area contributed by atoms with Gasteiger partial charge in [0.05, 0.1) is 0 Å². The number of hydrogen-bond acceptors (Lipinski definition) is 4. The number of benzene rings is 1. The fourth-order valence-electron chi connectivity index (χ4n) is 3.40. The lowest BCUT2D eigenvalue weighted by Gasteiger charge is -2.32. The van der Waals surface area contributed by atoms with Gasteiger partial charge in [-0.05, 0) is 25.8 Å². The first-order valence-electron chi connectivity index (χ1n) is 8.97. The van der Waals surface area contributed by atoms with Crippen LogP contribution in [0.2, 0.25) is 0 Å². The van der Waals surface area contributed by atoms with E-state index in [2.05, 4.69) is 33.9 Å². The van der Waals surface area contributed by atoms with E-state index in [1.165, 1.54) is 5.56 Å². The van der Waals surface area contributed by atoms with Gasteiger partial charge in [0.15, 0.2) is 0 Å². The molecule has 1 atom stereocenters. The van der Waals surface area contributed by atoms with Crippen LogP contribution in [0.3, 0.4) is 0 Å². The molecule has 1 unspecified atom stereocenters. The second kappa shape index (κ2) is 7.64. The Morgan fingerprint density at radius 2 is 1.96 bits per heavy atom. The average molecular weight is 338 g/mol. The van der Waals surface area contributed by atoms with Gasteiger partial charge in [-0.3, -0.25) is 4.79 Å². The van der Waals surface area contributed by atoms with Crippen molar-refractivity contribution in [3.63, 3.8) is 0 Å². The normalized spacial score (nSPS) is 18.4. The van der Waals surface area contributed by atoms with E-state index in [9.17, 15) is 4.79 Å². The highest BCUT2D eigenvalue weighted by atomic mass is 16.2. The minimum Gasteiger partial charge on any atom is -0.354 e. The maximum absolute atomic E-state index is 12.8. The van der Waals surface area contributed by atoms with Crippen LogP contribution in [-0.2, 0) is 11.3 Å². The number of rotatable bonds is 4. The molecule has 3 rings (SSSR count). The third-order valence-corrected chi connectivity index (χ3v) is 4.82. The summed E-state index contributed by atoms with van der Waals surface area (Å²) in [6.07, 6.45) is 3.32. The van der Waals surface area contributed by atoms with Crippen molar-refractivity contribution in [2.24, 2.45) is 0 Å². The predicted molar refractivity (Wildman–Crippen MR) is 99.4 cm³/mol. The van der Waals surface area contributed by atoms with E-state index in [-0.39, 0.29) is 11.9 Å². The van der Waals surface area contributed by atoms with Gasteiger partial charge < -0.3 is 9.80 Å². The summed E-state index contributed by atoms with van der Waals surface area (Å²) in [6, 6.07) is 10.4. The fraction of sp³-hybridized carbons (Fsp3) is 0.450. The number of nitrogens with zero attached hydrogens (tertiary/aromatic N) is 4. The second-order valence-electron chi connectivity index (χ2n) is 6.69. The van der Waals surface area contributed by atoms with Crippen LogP contribution in [0.25, 0.3) is 0 Å². The molecular formula is C20H26N4O. The molecule has 2 aromatic rings. The molecule has 2 heterocycles. The first-order valence-corrected chi connectivity index (χ1v) is 8.97. The van der Waals surface area contributed by atoms with Crippen molar-refractivity contribution in [1.29, 1.82) is 0 Å². The molecule has 1 saturated heterocycles. The summed E-state index contributed by atoms with van der Waals surface area (Å²) >= 11 is 0. The van der Waals surface area contributed by atoms with E-state index < -0.39 is 0 Å². The van der Waals surface area contributed by atoms with Crippen molar-refractivity contribution >= 4 is 11.7 Å². The SMILES string of the molecule is CCC1CN(c2nc(C)ncc2C)CCC(=O)N1Cc1ccccc1. The monoisotopic (exact) mass is 338 g/mol. The largest absolute Gasteiger partial charge is 0.354 e. The number of anilines is 1. The highest BCUT2D eigenvalue weighted by Crippen LogP contribution is 2.23. The van der Waals surface area contributed by atoms with Crippen molar-refractivity contribution < 1.29 is 4.79 Å². The third kappa shape index (κ3) is 3.98. The molecule has 0 spiro atoms. The highest BCUT2D eigenvalue weighted by molar-refractivity contribution is 5.78. The van der Waals surface area contributed by atoms with Crippen LogP contribution in [0.5, 0.6) is 0 Å². The molecule has 1 aromatic carbocycles. The van der Waals surface area contributed by atoms with Crippen LogP contribution in [0.15, 0.2) is 36.5 Å². The van der Waals surface area contributed by atoms with Gasteiger partial charge in [0, 0.05) is 43.9 Å². The zero-order valence-corrected chi connectivity index (χ0v) is 15.3. The van der Waals surface area contributed by atoms with Gasteiger partial charge in [-0.25, -0.2) is 9.97 Å². The number of carbonyl (C=O) groups excluding carboxylic acids is 1. The Hall–Kier alpha value is -2.43. The zero-order chi connectivity index (χ0) is 17.8. The van der Waals surface area contributed by atoms with Crippen molar-refractivity contribution in [3.8, 4) is 0 Å². The van der Waals surface area contributed by atoms with Gasteiger partial charge in [0.25, 0.3) is 0 Å². The molecule has 25 heavy (non-hydrogen) atoms. The van der Waals surface area contributed by atoms with Crippen molar-refractivity contribution in [2.75, 3.05) is 18.0 Å². The molecule has 0 bridgehead atoms. The van der Waals surface area contributed by atoms with E-state index >= 15 is 0 Å². The molecule has 1 aliphatic heterocycles. The molecule has 5 heteroatoms. The Kier molecular flexibility index (Phi) is 5.31. The van der Waals surface area contributed by atoms with E-state index in [4.69, 9.17) is 0 Å². The van der Waals surface area contributed by atoms with Crippen molar-refractivity contribution in [3.05, 3.63) is 53.5 Å². The number of amides is 1. The molecule has 0 aliphatic carbocycles. The summed E-state index contributed by atoms with van der Waals surface area (Å²) in [4.78, 5) is 26.0. The van der Waals surface area contributed by atoms with Crippen LogP contribution in [-0.4, -0.2) is 39.9 Å². The Morgan fingerprint density at radius 1 is 1.20 bits per heavy atom.